The molecule has 0 saturated carbocycles. The largest absolute Gasteiger partial charge is 0.489 e. The van der Waals surface area contributed by atoms with Crippen molar-refractivity contribution in [2.45, 2.75) is 20.0 Å². The molecule has 21 heavy (non-hydrogen) atoms. The number of methoxy groups -OCH3 is 1. The molecule has 1 N–H and O–H groups in total. The first-order chi connectivity index (χ1) is 10.3. The molecule has 0 radical (unpaired) electrons. The van der Waals surface area contributed by atoms with Crippen molar-refractivity contribution in [3.8, 4) is 11.6 Å². The molecule has 1 aromatic carbocycles. The number of ether oxygens (including phenoxy) is 2. The SMILES string of the molecule is CCCNc1ncnc(OCc2ccccc2F)c1OC. The van der Waals surface area contributed by atoms with E-state index in [4.69, 9.17) is 9.47 Å². The van der Waals surface area contributed by atoms with Crippen LogP contribution in [0.15, 0.2) is 30.6 Å². The van der Waals surface area contributed by atoms with Crippen molar-refractivity contribution >= 4 is 5.82 Å². The Labute approximate surface area is 123 Å². The van der Waals surface area contributed by atoms with Gasteiger partial charge in [0.25, 0.3) is 5.88 Å². The predicted octanol–water partition coefficient (Wildman–Crippen LogP) is 3.03. The minimum absolute atomic E-state index is 0.0767. The lowest BCUT2D eigenvalue weighted by Crippen LogP contribution is -2.07. The summed E-state index contributed by atoms with van der Waals surface area (Å²) in [6.07, 6.45) is 2.34. The van der Waals surface area contributed by atoms with Crippen molar-refractivity contribution in [2.24, 2.45) is 0 Å². The summed E-state index contributed by atoms with van der Waals surface area (Å²) < 4.78 is 24.4. The van der Waals surface area contributed by atoms with Gasteiger partial charge in [0.05, 0.1) is 7.11 Å². The highest BCUT2D eigenvalue weighted by atomic mass is 19.1. The fourth-order valence-electron chi connectivity index (χ4n) is 1.78. The summed E-state index contributed by atoms with van der Waals surface area (Å²) in [5.74, 6) is 0.962. The van der Waals surface area contributed by atoms with Crippen LogP contribution in [0.3, 0.4) is 0 Å². The molecule has 0 saturated heterocycles. The second kappa shape index (κ2) is 7.42. The predicted molar refractivity (Wildman–Crippen MR) is 78.1 cm³/mol. The Kier molecular flexibility index (Phi) is 5.31. The van der Waals surface area contributed by atoms with E-state index < -0.39 is 0 Å². The number of anilines is 1. The number of nitrogens with one attached hydrogen (secondary N) is 1. The van der Waals surface area contributed by atoms with E-state index in [-0.39, 0.29) is 18.3 Å². The molecule has 0 fully saturated rings. The molecular formula is C15H18FN3O2. The lowest BCUT2D eigenvalue weighted by atomic mass is 10.2. The van der Waals surface area contributed by atoms with Gasteiger partial charge in [-0.2, -0.15) is 4.98 Å². The minimum Gasteiger partial charge on any atom is -0.489 e. The van der Waals surface area contributed by atoms with Crippen molar-refractivity contribution in [3.63, 3.8) is 0 Å². The van der Waals surface area contributed by atoms with Gasteiger partial charge in [0.1, 0.15) is 18.8 Å². The first kappa shape index (κ1) is 15.0. The summed E-state index contributed by atoms with van der Waals surface area (Å²) in [5, 5.41) is 3.13. The van der Waals surface area contributed by atoms with Gasteiger partial charge < -0.3 is 14.8 Å². The monoisotopic (exact) mass is 291 g/mol. The van der Waals surface area contributed by atoms with Crippen LogP contribution < -0.4 is 14.8 Å². The van der Waals surface area contributed by atoms with E-state index in [9.17, 15) is 4.39 Å². The van der Waals surface area contributed by atoms with Crippen LogP contribution in [0.2, 0.25) is 0 Å². The van der Waals surface area contributed by atoms with Gasteiger partial charge in [0.15, 0.2) is 5.82 Å². The highest BCUT2D eigenvalue weighted by Gasteiger charge is 2.13. The molecule has 2 rings (SSSR count). The van der Waals surface area contributed by atoms with Crippen molar-refractivity contribution in [1.82, 2.24) is 9.97 Å². The molecule has 0 atom stereocenters. The number of halogens is 1. The molecule has 2 aromatic rings. The van der Waals surface area contributed by atoms with Crippen LogP contribution in [0, 0.1) is 5.82 Å². The van der Waals surface area contributed by atoms with Crippen LogP contribution >= 0.6 is 0 Å². The third-order valence-electron chi connectivity index (χ3n) is 2.84. The van der Waals surface area contributed by atoms with E-state index in [0.717, 1.165) is 13.0 Å². The number of benzene rings is 1. The topological polar surface area (TPSA) is 56.3 Å². The van der Waals surface area contributed by atoms with Crippen molar-refractivity contribution in [2.75, 3.05) is 19.0 Å². The molecule has 6 heteroatoms. The van der Waals surface area contributed by atoms with E-state index in [1.165, 1.54) is 19.5 Å². The van der Waals surface area contributed by atoms with Crippen molar-refractivity contribution in [3.05, 3.63) is 42.0 Å². The fourth-order valence-corrected chi connectivity index (χ4v) is 1.78. The molecule has 0 aliphatic heterocycles. The maximum atomic E-state index is 13.6. The Balaban J connectivity index is 2.14. The molecule has 0 spiro atoms. The summed E-state index contributed by atoms with van der Waals surface area (Å²) in [5.41, 5.74) is 0.459. The number of aromatic nitrogens is 2. The number of hydrogen-bond acceptors (Lipinski definition) is 5. The van der Waals surface area contributed by atoms with Gasteiger partial charge in [-0.15, -0.1) is 0 Å². The molecule has 5 nitrogen and oxygen atoms in total. The average molecular weight is 291 g/mol. The van der Waals surface area contributed by atoms with E-state index in [1.54, 1.807) is 18.2 Å². The zero-order valence-electron chi connectivity index (χ0n) is 12.1. The lowest BCUT2D eigenvalue weighted by Gasteiger charge is -2.13. The van der Waals surface area contributed by atoms with E-state index in [1.807, 2.05) is 0 Å². The smallest absolute Gasteiger partial charge is 0.262 e. The third-order valence-corrected chi connectivity index (χ3v) is 2.84. The minimum atomic E-state index is -0.310. The molecule has 0 aliphatic rings. The van der Waals surface area contributed by atoms with E-state index >= 15 is 0 Å². The van der Waals surface area contributed by atoms with Gasteiger partial charge in [-0.25, -0.2) is 9.37 Å². The molecule has 1 heterocycles. The first-order valence-corrected chi connectivity index (χ1v) is 6.75. The maximum Gasteiger partial charge on any atom is 0.262 e. The summed E-state index contributed by atoms with van der Waals surface area (Å²) in [6.45, 7) is 2.89. The van der Waals surface area contributed by atoms with Crippen LogP contribution in [0.1, 0.15) is 18.9 Å². The quantitative estimate of drug-likeness (QED) is 0.849. The summed E-state index contributed by atoms with van der Waals surface area (Å²) in [6, 6.07) is 6.45. The van der Waals surface area contributed by atoms with Gasteiger partial charge >= 0.3 is 0 Å². The zero-order chi connectivity index (χ0) is 15.1. The number of nitrogens with zero attached hydrogens (tertiary/aromatic N) is 2. The maximum absolute atomic E-state index is 13.6. The highest BCUT2D eigenvalue weighted by Crippen LogP contribution is 2.31. The molecule has 112 valence electrons. The molecule has 0 bridgehead atoms. The molecule has 1 aromatic heterocycles. The van der Waals surface area contributed by atoms with Crippen LogP contribution in [0.25, 0.3) is 0 Å². The summed E-state index contributed by atoms with van der Waals surface area (Å²) >= 11 is 0. The highest BCUT2D eigenvalue weighted by molar-refractivity contribution is 5.55. The second-order valence-corrected chi connectivity index (χ2v) is 4.37. The van der Waals surface area contributed by atoms with Gasteiger partial charge in [-0.05, 0) is 12.5 Å². The summed E-state index contributed by atoms with van der Waals surface area (Å²) in [7, 11) is 1.52. The third kappa shape index (κ3) is 3.81. The fraction of sp³-hybridized carbons (Fsp3) is 0.333. The molecule has 0 amide bonds. The van der Waals surface area contributed by atoms with Crippen LogP contribution in [-0.4, -0.2) is 23.6 Å². The zero-order valence-corrected chi connectivity index (χ0v) is 12.1. The Hall–Kier alpha value is -2.37. The standard InChI is InChI=1S/C15H18FN3O2/c1-3-8-17-14-13(20-2)15(19-10-18-14)21-9-11-6-4-5-7-12(11)16/h4-7,10H,3,8-9H2,1-2H3,(H,17,18,19). The second-order valence-electron chi connectivity index (χ2n) is 4.37. The van der Waals surface area contributed by atoms with Crippen LogP contribution in [0.5, 0.6) is 11.6 Å². The molecule has 0 unspecified atom stereocenters. The van der Waals surface area contributed by atoms with Gasteiger partial charge in [0, 0.05) is 12.1 Å². The Morgan fingerprint density at radius 1 is 1.24 bits per heavy atom. The van der Waals surface area contributed by atoms with Gasteiger partial charge in [-0.1, -0.05) is 25.1 Å². The van der Waals surface area contributed by atoms with Crippen LogP contribution in [-0.2, 0) is 6.61 Å². The Morgan fingerprint density at radius 3 is 2.76 bits per heavy atom. The van der Waals surface area contributed by atoms with Crippen LogP contribution in [0.4, 0.5) is 10.2 Å². The number of rotatable bonds is 7. The molecular weight excluding hydrogens is 273 g/mol. The average Bonchev–Trinajstić information content (AvgIpc) is 2.52. The van der Waals surface area contributed by atoms with Gasteiger partial charge in [-0.3, -0.25) is 0 Å². The normalized spacial score (nSPS) is 10.2. The van der Waals surface area contributed by atoms with Crippen molar-refractivity contribution in [1.29, 1.82) is 0 Å². The van der Waals surface area contributed by atoms with E-state index in [2.05, 4.69) is 22.2 Å². The number of hydrogen-bond donors (Lipinski definition) is 1. The van der Waals surface area contributed by atoms with Crippen molar-refractivity contribution < 1.29 is 13.9 Å². The van der Waals surface area contributed by atoms with E-state index in [0.29, 0.717) is 17.1 Å². The first-order valence-electron chi connectivity index (χ1n) is 6.75. The lowest BCUT2D eigenvalue weighted by molar-refractivity contribution is 0.267. The Morgan fingerprint density at radius 2 is 2.05 bits per heavy atom. The van der Waals surface area contributed by atoms with Gasteiger partial charge in [0.2, 0.25) is 5.75 Å². The summed E-state index contributed by atoms with van der Waals surface area (Å²) in [4.78, 5) is 8.16. The molecule has 0 aliphatic carbocycles. The Bertz CT molecular complexity index is 593.